The van der Waals surface area contributed by atoms with Gasteiger partial charge in [0.15, 0.2) is 0 Å². The number of primary amides is 1. The summed E-state index contributed by atoms with van der Waals surface area (Å²) in [6.45, 7) is 0. The molecule has 0 radical (unpaired) electrons. The highest BCUT2D eigenvalue weighted by molar-refractivity contribution is 5.89. The summed E-state index contributed by atoms with van der Waals surface area (Å²) < 4.78 is 4.75. The zero-order chi connectivity index (χ0) is 10.7. The fourth-order valence-corrected chi connectivity index (χ4v) is 1.22. The van der Waals surface area contributed by atoms with E-state index in [1.807, 2.05) is 12.1 Å². The van der Waals surface area contributed by atoms with Crippen LogP contribution in [-0.4, -0.2) is 16.0 Å². The minimum atomic E-state index is -0.611. The molecule has 0 aliphatic carbocycles. The van der Waals surface area contributed by atoms with Crippen molar-refractivity contribution in [2.24, 2.45) is 5.73 Å². The molecule has 76 valence electrons. The number of nitrogens with zero attached hydrogens (tertiary/aromatic N) is 2. The number of amides is 1. The van der Waals surface area contributed by atoms with Gasteiger partial charge in [0.1, 0.15) is 0 Å². The van der Waals surface area contributed by atoms with Crippen molar-refractivity contribution < 1.29 is 9.32 Å². The average molecular weight is 203 g/mol. The molecular weight excluding hydrogens is 194 g/mol. The molecule has 0 saturated heterocycles. The van der Waals surface area contributed by atoms with Crippen molar-refractivity contribution in [1.82, 2.24) is 10.1 Å². The number of rotatable bonds is 3. The van der Waals surface area contributed by atoms with Gasteiger partial charge in [0.25, 0.3) is 5.91 Å². The van der Waals surface area contributed by atoms with E-state index < -0.39 is 5.91 Å². The van der Waals surface area contributed by atoms with E-state index >= 15 is 0 Å². The Kier molecular flexibility index (Phi) is 2.45. The van der Waals surface area contributed by atoms with Gasteiger partial charge in [-0.15, -0.1) is 0 Å². The fourth-order valence-electron chi connectivity index (χ4n) is 1.22. The Bertz CT molecular complexity index is 465. The molecule has 2 rings (SSSR count). The summed E-state index contributed by atoms with van der Waals surface area (Å²) in [4.78, 5) is 14.7. The van der Waals surface area contributed by atoms with Gasteiger partial charge in [-0.1, -0.05) is 11.2 Å². The Balaban J connectivity index is 2.15. The van der Waals surface area contributed by atoms with E-state index in [-0.39, 0.29) is 5.76 Å². The molecule has 2 aromatic rings. The second-order valence-corrected chi connectivity index (χ2v) is 3.08. The Morgan fingerprint density at radius 2 is 2.40 bits per heavy atom. The molecule has 0 aliphatic rings. The molecule has 0 spiro atoms. The Morgan fingerprint density at radius 1 is 1.53 bits per heavy atom. The monoisotopic (exact) mass is 203 g/mol. The molecule has 0 saturated carbocycles. The van der Waals surface area contributed by atoms with Gasteiger partial charge < -0.3 is 10.3 Å². The van der Waals surface area contributed by atoms with Crippen LogP contribution in [0.4, 0.5) is 0 Å². The van der Waals surface area contributed by atoms with Crippen LogP contribution in [0.3, 0.4) is 0 Å². The van der Waals surface area contributed by atoms with Crippen LogP contribution in [0.15, 0.2) is 35.1 Å². The van der Waals surface area contributed by atoms with E-state index in [0.717, 1.165) is 5.56 Å². The molecule has 0 aromatic carbocycles. The van der Waals surface area contributed by atoms with E-state index in [0.29, 0.717) is 12.1 Å². The van der Waals surface area contributed by atoms with Crippen LogP contribution in [0.25, 0.3) is 0 Å². The van der Waals surface area contributed by atoms with Gasteiger partial charge in [-0.2, -0.15) is 0 Å². The molecule has 0 unspecified atom stereocenters. The van der Waals surface area contributed by atoms with Crippen molar-refractivity contribution >= 4 is 5.91 Å². The van der Waals surface area contributed by atoms with Gasteiger partial charge in [0.2, 0.25) is 5.76 Å². The van der Waals surface area contributed by atoms with Gasteiger partial charge in [-0.25, -0.2) is 0 Å². The minimum Gasteiger partial charge on any atom is -0.363 e. The second kappa shape index (κ2) is 3.91. The van der Waals surface area contributed by atoms with Gasteiger partial charge in [0.05, 0.1) is 5.69 Å². The van der Waals surface area contributed by atoms with E-state index in [1.54, 1.807) is 12.4 Å². The van der Waals surface area contributed by atoms with Crippen molar-refractivity contribution in [3.8, 4) is 0 Å². The number of nitrogens with two attached hydrogens (primary N) is 1. The van der Waals surface area contributed by atoms with Gasteiger partial charge in [-0.05, 0) is 11.6 Å². The van der Waals surface area contributed by atoms with Gasteiger partial charge in [0, 0.05) is 24.9 Å². The predicted octanol–water partition coefficient (Wildman–Crippen LogP) is 0.759. The van der Waals surface area contributed by atoms with E-state index in [4.69, 9.17) is 10.3 Å². The SMILES string of the molecule is NC(=O)c1cc(Cc2cccnc2)no1. The molecule has 0 fully saturated rings. The molecular formula is C10H9N3O2. The van der Waals surface area contributed by atoms with Crippen LogP contribution in [-0.2, 0) is 6.42 Å². The number of pyridine rings is 1. The topological polar surface area (TPSA) is 82.0 Å². The van der Waals surface area contributed by atoms with Crippen molar-refractivity contribution in [2.45, 2.75) is 6.42 Å². The lowest BCUT2D eigenvalue weighted by Gasteiger charge is -1.93. The third-order valence-electron chi connectivity index (χ3n) is 1.91. The average Bonchev–Trinajstić information content (AvgIpc) is 2.68. The number of carbonyl (C=O) groups excluding carboxylic acids is 1. The van der Waals surface area contributed by atoms with Gasteiger partial charge in [-0.3, -0.25) is 9.78 Å². The normalized spacial score (nSPS) is 10.1. The van der Waals surface area contributed by atoms with Crippen molar-refractivity contribution in [2.75, 3.05) is 0 Å². The summed E-state index contributed by atoms with van der Waals surface area (Å²) in [6.07, 6.45) is 4.00. The molecule has 0 bridgehead atoms. The first-order valence-corrected chi connectivity index (χ1v) is 4.40. The molecule has 1 amide bonds. The summed E-state index contributed by atoms with van der Waals surface area (Å²) in [5, 5.41) is 3.73. The van der Waals surface area contributed by atoms with E-state index in [1.165, 1.54) is 6.07 Å². The summed E-state index contributed by atoms with van der Waals surface area (Å²) in [5.74, 6) is -0.533. The smallest absolute Gasteiger partial charge is 0.287 e. The molecule has 15 heavy (non-hydrogen) atoms. The number of carbonyl (C=O) groups is 1. The second-order valence-electron chi connectivity index (χ2n) is 3.08. The molecule has 0 aliphatic heterocycles. The maximum atomic E-state index is 10.7. The van der Waals surface area contributed by atoms with Crippen LogP contribution in [0.5, 0.6) is 0 Å². The zero-order valence-corrected chi connectivity index (χ0v) is 7.88. The quantitative estimate of drug-likeness (QED) is 0.798. The highest BCUT2D eigenvalue weighted by atomic mass is 16.5. The minimum absolute atomic E-state index is 0.0777. The molecule has 5 heteroatoms. The molecule has 0 atom stereocenters. The van der Waals surface area contributed by atoms with Crippen molar-refractivity contribution in [3.05, 3.63) is 47.6 Å². The lowest BCUT2D eigenvalue weighted by atomic mass is 10.1. The first-order valence-electron chi connectivity index (χ1n) is 4.40. The summed E-state index contributed by atoms with van der Waals surface area (Å²) in [6, 6.07) is 5.30. The third kappa shape index (κ3) is 2.19. The summed E-state index contributed by atoms with van der Waals surface area (Å²) in [5.41, 5.74) is 6.70. The first kappa shape index (κ1) is 9.39. The van der Waals surface area contributed by atoms with E-state index in [2.05, 4.69) is 10.1 Å². The maximum Gasteiger partial charge on any atom is 0.287 e. The van der Waals surface area contributed by atoms with Gasteiger partial charge >= 0.3 is 0 Å². The number of hydrogen-bond acceptors (Lipinski definition) is 4. The Labute approximate surface area is 85.9 Å². The van der Waals surface area contributed by atoms with Crippen LogP contribution in [0.1, 0.15) is 21.8 Å². The zero-order valence-electron chi connectivity index (χ0n) is 7.88. The lowest BCUT2D eigenvalue weighted by molar-refractivity contribution is 0.0965. The number of hydrogen-bond donors (Lipinski definition) is 1. The molecule has 2 heterocycles. The van der Waals surface area contributed by atoms with Crippen LogP contribution >= 0.6 is 0 Å². The van der Waals surface area contributed by atoms with Crippen LogP contribution in [0, 0.1) is 0 Å². The lowest BCUT2D eigenvalue weighted by Crippen LogP contribution is -2.09. The van der Waals surface area contributed by atoms with Crippen molar-refractivity contribution in [3.63, 3.8) is 0 Å². The van der Waals surface area contributed by atoms with Crippen molar-refractivity contribution in [1.29, 1.82) is 0 Å². The highest BCUT2D eigenvalue weighted by Gasteiger charge is 2.09. The summed E-state index contributed by atoms with van der Waals surface area (Å²) >= 11 is 0. The van der Waals surface area contributed by atoms with E-state index in [9.17, 15) is 4.79 Å². The fraction of sp³-hybridized carbons (Fsp3) is 0.100. The Hall–Kier alpha value is -2.17. The third-order valence-corrected chi connectivity index (χ3v) is 1.91. The largest absolute Gasteiger partial charge is 0.363 e. The summed E-state index contributed by atoms with van der Waals surface area (Å²) in [7, 11) is 0. The standard InChI is InChI=1S/C10H9N3O2/c11-10(14)9-5-8(13-15-9)4-7-2-1-3-12-6-7/h1-3,5-6H,4H2,(H2,11,14). The maximum absolute atomic E-state index is 10.7. The van der Waals surface area contributed by atoms with Crippen LogP contribution < -0.4 is 5.73 Å². The molecule has 2 aromatic heterocycles. The predicted molar refractivity (Wildman–Crippen MR) is 52.1 cm³/mol. The number of aromatic nitrogens is 2. The Morgan fingerprint density at radius 3 is 3.00 bits per heavy atom. The highest BCUT2D eigenvalue weighted by Crippen LogP contribution is 2.08. The molecule has 2 N–H and O–H groups in total. The van der Waals surface area contributed by atoms with Crippen LogP contribution in [0.2, 0.25) is 0 Å². The first-order chi connectivity index (χ1) is 7.25. The molecule has 5 nitrogen and oxygen atoms in total.